The molecule has 0 saturated heterocycles. The van der Waals surface area contributed by atoms with Gasteiger partial charge in [0.05, 0.1) is 0 Å². The summed E-state index contributed by atoms with van der Waals surface area (Å²) in [5, 5.41) is 10.4. The van der Waals surface area contributed by atoms with Crippen LogP contribution in [0.2, 0.25) is 0 Å². The Balaban J connectivity index is 1.52. The number of aliphatic hydroxyl groups is 1. The number of rotatable bonds is 9. The molecule has 1 N–H and O–H groups in total. The molecule has 1 saturated carbocycles. The fourth-order valence-corrected chi connectivity index (χ4v) is 3.06. The van der Waals surface area contributed by atoms with Crippen molar-refractivity contribution in [3.63, 3.8) is 0 Å². The first kappa shape index (κ1) is 18.0. The Labute approximate surface area is 151 Å². The maximum Gasteiger partial charge on any atom is 0.119 e. The summed E-state index contributed by atoms with van der Waals surface area (Å²) in [6.45, 7) is 6.32. The van der Waals surface area contributed by atoms with Crippen LogP contribution in [-0.4, -0.2) is 35.3 Å². The normalized spacial score (nSPS) is 15.6. The van der Waals surface area contributed by atoms with Crippen LogP contribution in [0.3, 0.4) is 0 Å². The Hall–Kier alpha value is -1.84. The SMILES string of the molecule is CC(C)c1ccc(CN(CC(O)COc2ccccc2)C2CC2)cc1. The summed E-state index contributed by atoms with van der Waals surface area (Å²) in [5.41, 5.74) is 2.69. The number of benzene rings is 2. The maximum absolute atomic E-state index is 10.4. The van der Waals surface area contributed by atoms with Crippen LogP contribution in [0, 0.1) is 0 Å². The second kappa shape index (κ2) is 8.50. The molecule has 1 unspecified atom stereocenters. The molecule has 0 radical (unpaired) electrons. The molecule has 25 heavy (non-hydrogen) atoms. The maximum atomic E-state index is 10.4. The number of para-hydroxylation sites is 1. The van der Waals surface area contributed by atoms with Crippen molar-refractivity contribution in [2.45, 2.75) is 51.3 Å². The van der Waals surface area contributed by atoms with Gasteiger partial charge in [0.25, 0.3) is 0 Å². The van der Waals surface area contributed by atoms with Crippen LogP contribution >= 0.6 is 0 Å². The highest BCUT2D eigenvalue weighted by Gasteiger charge is 2.30. The predicted molar refractivity (Wildman–Crippen MR) is 102 cm³/mol. The summed E-state index contributed by atoms with van der Waals surface area (Å²) in [6.07, 6.45) is 1.99. The lowest BCUT2D eigenvalue weighted by molar-refractivity contribution is 0.0626. The predicted octanol–water partition coefficient (Wildman–Crippen LogP) is 4.21. The topological polar surface area (TPSA) is 32.7 Å². The van der Waals surface area contributed by atoms with Crippen LogP contribution in [0.25, 0.3) is 0 Å². The molecule has 0 aromatic heterocycles. The number of ether oxygens (including phenoxy) is 1. The molecule has 2 aromatic rings. The van der Waals surface area contributed by atoms with Crippen LogP contribution in [-0.2, 0) is 6.54 Å². The molecule has 2 aromatic carbocycles. The molecule has 134 valence electrons. The molecule has 3 nitrogen and oxygen atoms in total. The summed E-state index contributed by atoms with van der Waals surface area (Å²) in [4.78, 5) is 2.39. The van der Waals surface area contributed by atoms with E-state index in [0.29, 0.717) is 25.1 Å². The third kappa shape index (κ3) is 5.58. The first-order valence-corrected chi connectivity index (χ1v) is 9.30. The van der Waals surface area contributed by atoms with Gasteiger partial charge in [0, 0.05) is 19.1 Å². The van der Waals surface area contributed by atoms with Gasteiger partial charge in [0.1, 0.15) is 18.5 Å². The summed E-state index contributed by atoms with van der Waals surface area (Å²) < 4.78 is 5.68. The van der Waals surface area contributed by atoms with Gasteiger partial charge in [-0.25, -0.2) is 0 Å². The Morgan fingerprint density at radius 2 is 1.72 bits per heavy atom. The van der Waals surface area contributed by atoms with Crippen LogP contribution in [0.1, 0.15) is 43.7 Å². The van der Waals surface area contributed by atoms with Gasteiger partial charge in [-0.2, -0.15) is 0 Å². The first-order valence-electron chi connectivity index (χ1n) is 9.30. The average Bonchev–Trinajstić information content (AvgIpc) is 3.46. The summed E-state index contributed by atoms with van der Waals surface area (Å²) >= 11 is 0. The summed E-state index contributed by atoms with van der Waals surface area (Å²) in [5.74, 6) is 1.37. The monoisotopic (exact) mass is 339 g/mol. The van der Waals surface area contributed by atoms with Crippen LogP contribution in [0.4, 0.5) is 0 Å². The molecular weight excluding hydrogens is 310 g/mol. The largest absolute Gasteiger partial charge is 0.491 e. The molecule has 1 fully saturated rings. The third-order valence-electron chi connectivity index (χ3n) is 4.73. The molecule has 0 amide bonds. The molecule has 0 heterocycles. The van der Waals surface area contributed by atoms with Crippen molar-refractivity contribution in [3.05, 3.63) is 65.7 Å². The van der Waals surface area contributed by atoms with E-state index in [9.17, 15) is 5.11 Å². The van der Waals surface area contributed by atoms with E-state index >= 15 is 0 Å². The fourth-order valence-electron chi connectivity index (χ4n) is 3.06. The van der Waals surface area contributed by atoms with Gasteiger partial charge in [-0.3, -0.25) is 4.90 Å². The minimum absolute atomic E-state index is 0.333. The Kier molecular flexibility index (Phi) is 6.11. The lowest BCUT2D eigenvalue weighted by Crippen LogP contribution is -2.36. The Morgan fingerprint density at radius 3 is 2.32 bits per heavy atom. The molecule has 0 aliphatic heterocycles. The summed E-state index contributed by atoms with van der Waals surface area (Å²) in [7, 11) is 0. The number of nitrogens with zero attached hydrogens (tertiary/aromatic N) is 1. The van der Waals surface area contributed by atoms with Gasteiger partial charge >= 0.3 is 0 Å². The zero-order valence-electron chi connectivity index (χ0n) is 15.3. The van der Waals surface area contributed by atoms with E-state index in [1.54, 1.807) is 0 Å². The van der Waals surface area contributed by atoms with Gasteiger partial charge in [0.2, 0.25) is 0 Å². The Morgan fingerprint density at radius 1 is 1.04 bits per heavy atom. The van der Waals surface area contributed by atoms with Crippen molar-refractivity contribution in [3.8, 4) is 5.75 Å². The molecule has 3 heteroatoms. The van der Waals surface area contributed by atoms with E-state index in [2.05, 4.69) is 43.0 Å². The highest BCUT2D eigenvalue weighted by Crippen LogP contribution is 2.29. The molecular formula is C22H29NO2. The van der Waals surface area contributed by atoms with Crippen LogP contribution in [0.5, 0.6) is 5.75 Å². The molecule has 0 bridgehead atoms. The third-order valence-corrected chi connectivity index (χ3v) is 4.73. The zero-order chi connectivity index (χ0) is 17.6. The standard InChI is InChI=1S/C22H29NO2/c1-17(2)19-10-8-18(9-11-19)14-23(20-12-13-20)15-21(24)16-25-22-6-4-3-5-7-22/h3-11,17,20-21,24H,12-16H2,1-2H3. The Bertz CT molecular complexity index is 635. The van der Waals surface area contributed by atoms with Gasteiger partial charge in [0.15, 0.2) is 0 Å². The van der Waals surface area contributed by atoms with Crippen LogP contribution in [0.15, 0.2) is 54.6 Å². The van der Waals surface area contributed by atoms with E-state index in [0.717, 1.165) is 12.3 Å². The zero-order valence-corrected chi connectivity index (χ0v) is 15.3. The van der Waals surface area contributed by atoms with E-state index in [1.165, 1.54) is 24.0 Å². The summed E-state index contributed by atoms with van der Waals surface area (Å²) in [6, 6.07) is 19.2. The van der Waals surface area contributed by atoms with E-state index < -0.39 is 6.10 Å². The van der Waals surface area contributed by atoms with Crippen molar-refractivity contribution in [1.29, 1.82) is 0 Å². The average molecular weight is 339 g/mol. The number of aliphatic hydroxyl groups excluding tert-OH is 1. The highest BCUT2D eigenvalue weighted by atomic mass is 16.5. The molecule has 1 aliphatic rings. The molecule has 1 atom stereocenters. The van der Waals surface area contributed by atoms with Gasteiger partial charge in [-0.05, 0) is 42.0 Å². The molecule has 1 aliphatic carbocycles. The smallest absolute Gasteiger partial charge is 0.119 e. The number of hydrogen-bond donors (Lipinski definition) is 1. The lowest BCUT2D eigenvalue weighted by Gasteiger charge is -2.25. The minimum atomic E-state index is -0.476. The lowest BCUT2D eigenvalue weighted by atomic mass is 10.0. The second-order valence-electron chi connectivity index (χ2n) is 7.33. The minimum Gasteiger partial charge on any atom is -0.491 e. The fraction of sp³-hybridized carbons (Fsp3) is 0.455. The van der Waals surface area contributed by atoms with Crippen molar-refractivity contribution in [1.82, 2.24) is 4.90 Å². The van der Waals surface area contributed by atoms with E-state index in [4.69, 9.17) is 4.74 Å². The van der Waals surface area contributed by atoms with Crippen molar-refractivity contribution >= 4 is 0 Å². The highest BCUT2D eigenvalue weighted by molar-refractivity contribution is 5.25. The molecule has 3 rings (SSSR count). The van der Waals surface area contributed by atoms with Crippen molar-refractivity contribution in [2.75, 3.05) is 13.2 Å². The van der Waals surface area contributed by atoms with Gasteiger partial charge < -0.3 is 9.84 Å². The van der Waals surface area contributed by atoms with Crippen molar-refractivity contribution in [2.24, 2.45) is 0 Å². The van der Waals surface area contributed by atoms with Gasteiger partial charge in [-0.1, -0.05) is 56.3 Å². The quantitative estimate of drug-likeness (QED) is 0.743. The van der Waals surface area contributed by atoms with Gasteiger partial charge in [-0.15, -0.1) is 0 Å². The second-order valence-corrected chi connectivity index (χ2v) is 7.33. The van der Waals surface area contributed by atoms with E-state index in [-0.39, 0.29) is 0 Å². The molecule has 0 spiro atoms. The number of hydrogen-bond acceptors (Lipinski definition) is 3. The van der Waals surface area contributed by atoms with Crippen LogP contribution < -0.4 is 4.74 Å². The first-order chi connectivity index (χ1) is 12.1. The van der Waals surface area contributed by atoms with E-state index in [1.807, 2.05) is 30.3 Å². The van der Waals surface area contributed by atoms with Crippen molar-refractivity contribution < 1.29 is 9.84 Å².